The number of halogens is 1. The predicted molar refractivity (Wildman–Crippen MR) is 131 cm³/mol. The zero-order valence-corrected chi connectivity index (χ0v) is 20.9. The minimum Gasteiger partial charge on any atom is -0.507 e. The molecule has 0 aromatic heterocycles. The zero-order chi connectivity index (χ0) is 25.2. The Hall–Kier alpha value is -2.72. The number of ketones is 1. The first-order chi connectivity index (χ1) is 16.8. The number of likely N-dealkylation sites (tertiary alicyclic amines) is 1. The van der Waals surface area contributed by atoms with Crippen LogP contribution in [0.25, 0.3) is 5.76 Å². The smallest absolute Gasteiger partial charge is 0.295 e. The van der Waals surface area contributed by atoms with Gasteiger partial charge in [-0.05, 0) is 54.8 Å². The quantitative estimate of drug-likeness (QED) is 0.341. The highest BCUT2D eigenvalue weighted by atomic mass is 35.5. The molecule has 0 radical (unpaired) electrons. The lowest BCUT2D eigenvalue weighted by Gasteiger charge is -2.26. The summed E-state index contributed by atoms with van der Waals surface area (Å²) >= 11 is 6.02. The first kappa shape index (κ1) is 25.4. The number of Topliss-reactive ketones (excluding diaryl/α,β-unsaturated/α-hetero) is 1. The van der Waals surface area contributed by atoms with E-state index in [0.717, 1.165) is 19.3 Å². The van der Waals surface area contributed by atoms with Gasteiger partial charge < -0.3 is 14.7 Å². The maximum absolute atomic E-state index is 13.0. The molecule has 2 aliphatic rings. The molecule has 0 spiro atoms. The van der Waals surface area contributed by atoms with Crippen molar-refractivity contribution in [2.45, 2.75) is 30.2 Å². The summed E-state index contributed by atoms with van der Waals surface area (Å²) in [6, 6.07) is 11.6. The molecule has 2 heterocycles. The Bertz CT molecular complexity index is 1240. The SMILES string of the molecule is COCCN1C(=O)C(=O)/C(=C(\O)c2ccc(S(=O)(=O)N3CCCCC3)cc2)C1c1ccc(Cl)cc1. The predicted octanol–water partition coefficient (Wildman–Crippen LogP) is 3.58. The first-order valence-electron chi connectivity index (χ1n) is 11.4. The topological polar surface area (TPSA) is 104 Å². The number of hydrogen-bond donors (Lipinski definition) is 1. The number of benzene rings is 2. The van der Waals surface area contributed by atoms with E-state index in [1.165, 1.54) is 40.6 Å². The molecule has 0 aliphatic carbocycles. The third-order valence-corrected chi connectivity index (χ3v) is 8.51. The molecule has 2 saturated heterocycles. The van der Waals surface area contributed by atoms with Gasteiger partial charge >= 0.3 is 0 Å². The number of aliphatic hydroxyl groups is 1. The minimum absolute atomic E-state index is 0.0694. The Labute approximate surface area is 209 Å². The number of carbonyl (C=O) groups excluding carboxylic acids is 2. The van der Waals surface area contributed by atoms with Crippen molar-refractivity contribution in [3.05, 3.63) is 70.3 Å². The molecule has 10 heteroatoms. The van der Waals surface area contributed by atoms with Gasteiger partial charge in [-0.3, -0.25) is 9.59 Å². The third kappa shape index (κ3) is 4.99. The Morgan fingerprint density at radius 3 is 2.26 bits per heavy atom. The van der Waals surface area contributed by atoms with Crippen LogP contribution in [0.2, 0.25) is 5.02 Å². The molecule has 0 saturated carbocycles. The summed E-state index contributed by atoms with van der Waals surface area (Å²) in [6.45, 7) is 1.32. The second kappa shape index (κ2) is 10.5. The lowest BCUT2D eigenvalue weighted by atomic mass is 9.95. The summed E-state index contributed by atoms with van der Waals surface area (Å²) in [7, 11) is -2.15. The zero-order valence-electron chi connectivity index (χ0n) is 19.3. The molecule has 1 unspecified atom stereocenters. The summed E-state index contributed by atoms with van der Waals surface area (Å²) in [5.74, 6) is -1.93. The van der Waals surface area contributed by atoms with Crippen molar-refractivity contribution in [2.75, 3.05) is 33.4 Å². The van der Waals surface area contributed by atoms with E-state index in [-0.39, 0.29) is 34.9 Å². The fourth-order valence-corrected chi connectivity index (χ4v) is 6.13. The van der Waals surface area contributed by atoms with Crippen LogP contribution in [0.4, 0.5) is 0 Å². The number of sulfonamides is 1. The molecule has 2 aliphatic heterocycles. The van der Waals surface area contributed by atoms with E-state index in [0.29, 0.717) is 23.7 Å². The molecule has 1 atom stereocenters. The van der Waals surface area contributed by atoms with Crippen LogP contribution in [0.3, 0.4) is 0 Å². The van der Waals surface area contributed by atoms with Crippen LogP contribution < -0.4 is 0 Å². The number of methoxy groups -OCH3 is 1. The standard InChI is InChI=1S/C25H27ClN2O6S/c1-34-16-15-28-22(17-5-9-19(26)10-6-17)21(24(30)25(28)31)23(29)18-7-11-20(12-8-18)35(32,33)27-13-3-2-4-14-27/h5-12,22,29H,2-4,13-16H2,1H3/b23-21-. The molecule has 8 nitrogen and oxygen atoms in total. The summed E-state index contributed by atoms with van der Waals surface area (Å²) in [6.07, 6.45) is 2.66. The van der Waals surface area contributed by atoms with Crippen LogP contribution in [0.15, 0.2) is 59.0 Å². The molecule has 1 amide bonds. The Balaban J connectivity index is 1.73. The number of rotatable bonds is 7. The summed E-state index contributed by atoms with van der Waals surface area (Å²) in [5, 5.41) is 11.6. The van der Waals surface area contributed by atoms with Crippen molar-refractivity contribution in [1.29, 1.82) is 0 Å². The van der Waals surface area contributed by atoms with Crippen LogP contribution in [0.5, 0.6) is 0 Å². The van der Waals surface area contributed by atoms with Crippen molar-refractivity contribution in [1.82, 2.24) is 9.21 Å². The van der Waals surface area contributed by atoms with Crippen LogP contribution in [0.1, 0.15) is 36.4 Å². The molecule has 1 N–H and O–H groups in total. The molecule has 2 aromatic rings. The summed E-state index contributed by atoms with van der Waals surface area (Å²) in [4.78, 5) is 27.3. The van der Waals surface area contributed by atoms with E-state index in [1.807, 2.05) is 0 Å². The fraction of sp³-hybridized carbons (Fsp3) is 0.360. The van der Waals surface area contributed by atoms with Gasteiger partial charge in [-0.15, -0.1) is 0 Å². The molecule has 4 rings (SSSR count). The van der Waals surface area contributed by atoms with Gasteiger partial charge in [0, 0.05) is 37.3 Å². The molecule has 35 heavy (non-hydrogen) atoms. The van der Waals surface area contributed by atoms with Crippen molar-refractivity contribution >= 4 is 39.1 Å². The lowest BCUT2D eigenvalue weighted by Crippen LogP contribution is -2.35. The van der Waals surface area contributed by atoms with E-state index in [4.69, 9.17) is 16.3 Å². The molecule has 2 fully saturated rings. The number of hydrogen-bond acceptors (Lipinski definition) is 6. The fourth-order valence-electron chi connectivity index (χ4n) is 4.49. The number of nitrogens with zero attached hydrogens (tertiary/aromatic N) is 2. The van der Waals surface area contributed by atoms with Crippen LogP contribution in [0, 0.1) is 0 Å². The monoisotopic (exact) mass is 518 g/mol. The van der Waals surface area contributed by atoms with Gasteiger partial charge in [-0.25, -0.2) is 8.42 Å². The van der Waals surface area contributed by atoms with Crippen molar-refractivity contribution in [3.8, 4) is 0 Å². The Kier molecular flexibility index (Phi) is 7.61. The highest BCUT2D eigenvalue weighted by Gasteiger charge is 2.45. The molecule has 186 valence electrons. The molecular weight excluding hydrogens is 492 g/mol. The second-order valence-electron chi connectivity index (χ2n) is 8.53. The van der Waals surface area contributed by atoms with E-state index in [1.54, 1.807) is 24.3 Å². The van der Waals surface area contributed by atoms with Gasteiger partial charge in [0.2, 0.25) is 10.0 Å². The largest absolute Gasteiger partial charge is 0.507 e. The average Bonchev–Trinajstić information content (AvgIpc) is 3.13. The van der Waals surface area contributed by atoms with E-state index >= 15 is 0 Å². The van der Waals surface area contributed by atoms with E-state index < -0.39 is 27.8 Å². The third-order valence-electron chi connectivity index (χ3n) is 6.34. The Morgan fingerprint density at radius 1 is 1.03 bits per heavy atom. The van der Waals surface area contributed by atoms with Gasteiger partial charge in [-0.1, -0.05) is 30.2 Å². The molecule has 0 bridgehead atoms. The van der Waals surface area contributed by atoms with Crippen molar-refractivity contribution in [2.24, 2.45) is 0 Å². The summed E-state index contributed by atoms with van der Waals surface area (Å²) in [5.41, 5.74) is 0.780. The van der Waals surface area contributed by atoms with Gasteiger partial charge in [-0.2, -0.15) is 4.31 Å². The van der Waals surface area contributed by atoms with Crippen molar-refractivity contribution in [3.63, 3.8) is 0 Å². The Morgan fingerprint density at radius 2 is 1.66 bits per heavy atom. The number of piperidine rings is 1. The van der Waals surface area contributed by atoms with Crippen LogP contribution in [-0.4, -0.2) is 67.8 Å². The molecule has 2 aromatic carbocycles. The maximum Gasteiger partial charge on any atom is 0.295 e. The van der Waals surface area contributed by atoms with Crippen molar-refractivity contribution < 1.29 is 27.9 Å². The second-order valence-corrected chi connectivity index (χ2v) is 10.9. The highest BCUT2D eigenvalue weighted by molar-refractivity contribution is 7.89. The van der Waals surface area contributed by atoms with E-state index in [9.17, 15) is 23.1 Å². The van der Waals surface area contributed by atoms with E-state index in [2.05, 4.69) is 0 Å². The number of amides is 1. The summed E-state index contributed by atoms with van der Waals surface area (Å²) < 4.78 is 32.5. The number of carbonyl (C=O) groups is 2. The van der Waals surface area contributed by atoms with Gasteiger partial charge in [0.05, 0.1) is 23.1 Å². The average molecular weight is 519 g/mol. The molecular formula is C25H27ClN2O6S. The highest BCUT2D eigenvalue weighted by Crippen LogP contribution is 2.39. The van der Waals surface area contributed by atoms with Gasteiger partial charge in [0.1, 0.15) is 5.76 Å². The minimum atomic E-state index is -3.64. The van der Waals surface area contributed by atoms with Crippen LogP contribution >= 0.6 is 11.6 Å². The van der Waals surface area contributed by atoms with Crippen LogP contribution in [-0.2, 0) is 24.3 Å². The van der Waals surface area contributed by atoms with Gasteiger partial charge in [0.15, 0.2) is 0 Å². The maximum atomic E-state index is 13.0. The normalized spacial score (nSPS) is 21.0. The number of aliphatic hydroxyl groups excluding tert-OH is 1. The first-order valence-corrected chi connectivity index (χ1v) is 13.2. The lowest BCUT2D eigenvalue weighted by molar-refractivity contribution is -0.140. The van der Waals surface area contributed by atoms with Gasteiger partial charge in [0.25, 0.3) is 11.7 Å². The number of ether oxygens (including phenoxy) is 1.